The Morgan fingerprint density at radius 1 is 1.07 bits per heavy atom. The minimum atomic E-state index is -2.31. The Labute approximate surface area is 254 Å². The van der Waals surface area contributed by atoms with Crippen LogP contribution in [-0.2, 0) is 42.9 Å². The highest BCUT2D eigenvalue weighted by atomic mass is 16.6. The molecule has 1 N–H and O–H groups in total. The number of ketones is 2. The van der Waals surface area contributed by atoms with Crippen molar-refractivity contribution in [2.45, 2.75) is 77.8 Å². The number of aliphatic hydroxyl groups is 1. The van der Waals surface area contributed by atoms with Crippen LogP contribution in [0, 0.1) is 34.5 Å². The normalized spacial score (nSPS) is 33.0. The molecule has 1 aliphatic heterocycles. The molecule has 1 aromatic carbocycles. The molecule has 3 aliphatic rings. The van der Waals surface area contributed by atoms with Crippen LogP contribution in [-0.4, -0.2) is 70.6 Å². The van der Waals surface area contributed by atoms with Crippen LogP contribution >= 0.6 is 0 Å². The summed E-state index contributed by atoms with van der Waals surface area (Å²) < 4.78 is 22.7. The lowest BCUT2D eigenvalue weighted by atomic mass is 9.51. The highest BCUT2D eigenvalue weighted by molar-refractivity contribution is 6.02. The van der Waals surface area contributed by atoms with E-state index in [9.17, 15) is 39.1 Å². The molecule has 0 spiro atoms. The fraction of sp³-hybridized carbons (Fsp3) is 0.531. The van der Waals surface area contributed by atoms with Crippen molar-refractivity contribution >= 4 is 35.4 Å². The second-order valence-electron chi connectivity index (χ2n) is 12.2. The highest BCUT2D eigenvalue weighted by Crippen LogP contribution is 2.58. The van der Waals surface area contributed by atoms with Crippen LogP contribution in [0.15, 0.2) is 41.5 Å². The minimum absolute atomic E-state index is 0.0387. The van der Waals surface area contributed by atoms with Crippen LogP contribution in [0.25, 0.3) is 0 Å². The van der Waals surface area contributed by atoms with Gasteiger partial charge in [0.25, 0.3) is 0 Å². The Morgan fingerprint density at radius 2 is 1.70 bits per heavy atom. The molecule has 234 valence electrons. The summed E-state index contributed by atoms with van der Waals surface area (Å²) in [5.74, 6) is -9.02. The zero-order valence-corrected chi connectivity index (χ0v) is 25.4. The van der Waals surface area contributed by atoms with Crippen LogP contribution < -0.4 is 0 Å². The van der Waals surface area contributed by atoms with Crippen LogP contribution in [0.5, 0.6) is 0 Å². The quantitative estimate of drug-likeness (QED) is 0.368. The zero-order chi connectivity index (χ0) is 32.8. The van der Waals surface area contributed by atoms with Crippen LogP contribution in [0.4, 0.5) is 0 Å². The molecule has 44 heavy (non-hydrogen) atoms. The molecule has 1 saturated carbocycles. The number of esters is 4. The van der Waals surface area contributed by atoms with Crippen LogP contribution in [0.3, 0.4) is 0 Å². The smallest absolute Gasteiger partial charge is 0.338 e. The maximum absolute atomic E-state index is 14.4. The lowest BCUT2D eigenvalue weighted by Gasteiger charge is -2.57. The van der Waals surface area contributed by atoms with Gasteiger partial charge in [0.2, 0.25) is 0 Å². The summed E-state index contributed by atoms with van der Waals surface area (Å²) in [6, 6.07) is 9.77. The largest absolute Gasteiger partial charge is 0.462 e. The molecular formula is C32H35NO11. The predicted molar refractivity (Wildman–Crippen MR) is 149 cm³/mol. The average molecular weight is 610 g/mol. The molecule has 12 nitrogen and oxygen atoms in total. The van der Waals surface area contributed by atoms with E-state index < -0.39 is 101 Å². The zero-order valence-electron chi connectivity index (χ0n) is 25.4. The van der Waals surface area contributed by atoms with E-state index in [1.165, 1.54) is 39.8 Å². The monoisotopic (exact) mass is 609 g/mol. The average Bonchev–Trinajstić information content (AvgIpc) is 3.29. The molecule has 0 radical (unpaired) electrons. The molecule has 0 unspecified atom stereocenters. The molecule has 2 fully saturated rings. The van der Waals surface area contributed by atoms with Gasteiger partial charge in [-0.05, 0) is 30.2 Å². The van der Waals surface area contributed by atoms with Gasteiger partial charge in [0, 0.05) is 31.6 Å². The van der Waals surface area contributed by atoms with Crippen molar-refractivity contribution in [3.63, 3.8) is 0 Å². The van der Waals surface area contributed by atoms with E-state index in [0.717, 1.165) is 13.8 Å². The van der Waals surface area contributed by atoms with E-state index in [4.69, 9.17) is 18.9 Å². The fourth-order valence-corrected chi connectivity index (χ4v) is 7.00. The van der Waals surface area contributed by atoms with E-state index in [1.807, 2.05) is 6.07 Å². The lowest BCUT2D eigenvalue weighted by molar-refractivity contribution is -0.226. The summed E-state index contributed by atoms with van der Waals surface area (Å²) in [6.45, 7) is 7.38. The summed E-state index contributed by atoms with van der Waals surface area (Å²) >= 11 is 0. The number of rotatable bonds is 6. The summed E-state index contributed by atoms with van der Waals surface area (Å²) in [4.78, 5) is 78.9. The topological polar surface area (TPSA) is 183 Å². The van der Waals surface area contributed by atoms with Gasteiger partial charge in [-0.15, -0.1) is 0 Å². The first-order valence-electron chi connectivity index (χ1n) is 14.2. The molecule has 0 aromatic heterocycles. The first-order chi connectivity index (χ1) is 20.5. The number of cyclic esters (lactones) is 1. The Kier molecular flexibility index (Phi) is 8.59. The fourth-order valence-electron chi connectivity index (χ4n) is 7.00. The van der Waals surface area contributed by atoms with Crippen molar-refractivity contribution < 1.29 is 52.8 Å². The maximum Gasteiger partial charge on any atom is 0.338 e. The number of hydrogen-bond donors (Lipinski definition) is 1. The Balaban J connectivity index is 2.08. The number of Topliss-reactive ketones (excluding diaryl/α,β-unsaturated/α-hetero) is 2. The molecule has 2 aliphatic carbocycles. The first-order valence-corrected chi connectivity index (χ1v) is 14.2. The SMILES string of the molecule is CC(=O)OC[C@]1([C@@H]2[C@H](C)C(=O)[C@H](OC(C)=O)C3=C(C)C(=O)C[C@@](O)([C@H]2OC(=O)c2ccccc2)C3(C)C)OC(=O)C[C@@H]1C#N. The van der Waals surface area contributed by atoms with Gasteiger partial charge in [0.05, 0.1) is 24.0 Å². The van der Waals surface area contributed by atoms with Gasteiger partial charge >= 0.3 is 23.9 Å². The Hall–Kier alpha value is -4.37. The number of benzene rings is 1. The van der Waals surface area contributed by atoms with Crippen molar-refractivity contribution in [3.8, 4) is 6.07 Å². The summed E-state index contributed by atoms with van der Waals surface area (Å²) in [7, 11) is 0. The standard InChI is InChI=1S/C32H35NO11/c1-16-22(36)13-32(40)28(43-29(39)20-10-8-7-9-11-20)25(31(15-41-18(3)34)21(14-33)12-23(37)44-31)17(2)26(38)27(42-19(4)35)24(16)30(32,5)6/h7-11,17,21,25,27-28,40H,12-13,15H2,1-6H3/t17-,21+,25+,27+,28-,31-,32+/m0/s1. The van der Waals surface area contributed by atoms with E-state index >= 15 is 0 Å². The molecule has 4 rings (SSSR count). The lowest BCUT2D eigenvalue weighted by Crippen LogP contribution is -2.70. The van der Waals surface area contributed by atoms with E-state index in [0.29, 0.717) is 0 Å². The number of fused-ring (bicyclic) bond motifs is 2. The maximum atomic E-state index is 14.4. The molecular weight excluding hydrogens is 574 g/mol. The van der Waals surface area contributed by atoms with Crippen molar-refractivity contribution in [2.24, 2.45) is 23.2 Å². The van der Waals surface area contributed by atoms with Crippen LogP contribution in [0.1, 0.15) is 64.7 Å². The molecule has 1 saturated heterocycles. The third-order valence-electron chi connectivity index (χ3n) is 9.33. The van der Waals surface area contributed by atoms with Gasteiger partial charge < -0.3 is 24.1 Å². The predicted octanol–water partition coefficient (Wildman–Crippen LogP) is 2.41. The third-order valence-corrected chi connectivity index (χ3v) is 9.33. The number of ether oxygens (including phenoxy) is 4. The number of carbonyl (C=O) groups is 6. The Bertz CT molecular complexity index is 1490. The number of allylic oxidation sites excluding steroid dienone is 1. The van der Waals surface area contributed by atoms with Gasteiger partial charge in [-0.25, -0.2) is 4.79 Å². The second kappa shape index (κ2) is 11.6. The van der Waals surface area contributed by atoms with Gasteiger partial charge in [0.15, 0.2) is 23.3 Å². The summed E-state index contributed by atoms with van der Waals surface area (Å²) in [5.41, 5.74) is -5.77. The summed E-state index contributed by atoms with van der Waals surface area (Å²) in [5, 5.41) is 23.0. The van der Waals surface area contributed by atoms with Gasteiger partial charge in [-0.3, -0.25) is 24.0 Å². The highest BCUT2D eigenvalue weighted by Gasteiger charge is 2.70. The number of nitriles is 1. The van der Waals surface area contributed by atoms with Crippen molar-refractivity contribution in [1.82, 2.24) is 0 Å². The second-order valence-corrected chi connectivity index (χ2v) is 12.2. The molecule has 7 atom stereocenters. The molecule has 2 bridgehead atoms. The van der Waals surface area contributed by atoms with E-state index in [2.05, 4.69) is 0 Å². The molecule has 1 heterocycles. The number of carbonyl (C=O) groups excluding carboxylic acids is 6. The Morgan fingerprint density at radius 3 is 2.27 bits per heavy atom. The first kappa shape index (κ1) is 32.5. The van der Waals surface area contributed by atoms with Gasteiger partial charge in [-0.2, -0.15) is 5.26 Å². The van der Waals surface area contributed by atoms with Crippen LogP contribution in [0.2, 0.25) is 0 Å². The van der Waals surface area contributed by atoms with Crippen molar-refractivity contribution in [2.75, 3.05) is 6.61 Å². The molecule has 1 aromatic rings. The van der Waals surface area contributed by atoms with E-state index in [-0.39, 0.29) is 16.7 Å². The van der Waals surface area contributed by atoms with Gasteiger partial charge in [-0.1, -0.05) is 39.0 Å². The third kappa shape index (κ3) is 5.19. The molecule has 0 amide bonds. The summed E-state index contributed by atoms with van der Waals surface area (Å²) in [6.07, 6.45) is -4.48. The number of nitrogens with zero attached hydrogens (tertiary/aromatic N) is 1. The molecule has 12 heteroatoms. The minimum Gasteiger partial charge on any atom is -0.462 e. The van der Waals surface area contributed by atoms with Gasteiger partial charge in [0.1, 0.15) is 24.2 Å². The van der Waals surface area contributed by atoms with Crippen molar-refractivity contribution in [3.05, 3.63) is 47.0 Å². The van der Waals surface area contributed by atoms with E-state index in [1.54, 1.807) is 18.2 Å². The number of hydrogen-bond acceptors (Lipinski definition) is 12. The van der Waals surface area contributed by atoms with Crippen molar-refractivity contribution in [1.29, 1.82) is 5.26 Å².